The van der Waals surface area contributed by atoms with Crippen molar-refractivity contribution < 1.29 is 36.9 Å². The SMILES string of the molecule is CCOC(=O)C1=C(C(F)(F)F)N=c2s/c(=C\c3ccc(OCC)c(OCC)c3)c(=O)n2[C@H]1c1c(OC)ccc2ccccc12. The van der Waals surface area contributed by atoms with E-state index in [4.69, 9.17) is 18.9 Å². The molecule has 0 fully saturated rings. The van der Waals surface area contributed by atoms with E-state index in [0.29, 0.717) is 41.0 Å². The van der Waals surface area contributed by atoms with E-state index in [2.05, 4.69) is 4.99 Å². The molecule has 0 unspecified atom stereocenters. The molecule has 3 aromatic carbocycles. The molecule has 1 aliphatic rings. The molecule has 12 heteroatoms. The van der Waals surface area contributed by atoms with Crippen molar-refractivity contribution in [2.24, 2.45) is 4.99 Å². The Kier molecular flexibility index (Phi) is 8.82. The molecule has 1 atom stereocenters. The molecule has 0 spiro atoms. The standard InChI is InChI=1S/C32H29F3N2O6S/c1-5-41-21-14-12-18(16-23(21)42-6-2)17-24-29(38)37-27(25-20-11-9-8-10-19(20)13-15-22(25)40-4)26(30(39)43-7-3)28(32(33,34)35)36-31(37)44-24/h8-17,27H,5-7H2,1-4H3/b24-17-/t27-/m0/s1. The molecule has 1 aliphatic heterocycles. The van der Waals surface area contributed by atoms with Crippen molar-refractivity contribution in [1.29, 1.82) is 0 Å². The summed E-state index contributed by atoms with van der Waals surface area (Å²) in [5.74, 6) is -0.0600. The molecule has 0 bridgehead atoms. The zero-order valence-corrected chi connectivity index (χ0v) is 25.2. The average molecular weight is 627 g/mol. The Bertz CT molecular complexity index is 1940. The Hall–Kier alpha value is -4.58. The number of nitrogens with zero attached hydrogens (tertiary/aromatic N) is 2. The van der Waals surface area contributed by atoms with Gasteiger partial charge in [-0.2, -0.15) is 13.2 Å². The number of carbonyl (C=O) groups is 1. The van der Waals surface area contributed by atoms with Crippen molar-refractivity contribution in [2.45, 2.75) is 33.0 Å². The predicted molar refractivity (Wildman–Crippen MR) is 160 cm³/mol. The van der Waals surface area contributed by atoms with E-state index in [1.54, 1.807) is 60.7 Å². The Morgan fingerprint density at radius 1 is 0.977 bits per heavy atom. The fourth-order valence-electron chi connectivity index (χ4n) is 5.16. The van der Waals surface area contributed by atoms with Gasteiger partial charge in [-0.1, -0.05) is 47.7 Å². The number of rotatable bonds is 9. The van der Waals surface area contributed by atoms with E-state index in [-0.39, 0.29) is 27.3 Å². The highest BCUT2D eigenvalue weighted by Crippen LogP contribution is 2.43. The first-order valence-corrected chi connectivity index (χ1v) is 14.7. The van der Waals surface area contributed by atoms with E-state index < -0.39 is 35.0 Å². The number of halogens is 3. The smallest absolute Gasteiger partial charge is 0.434 e. The molecule has 4 aromatic rings. The minimum Gasteiger partial charge on any atom is -0.496 e. The van der Waals surface area contributed by atoms with Gasteiger partial charge in [-0.05, 0) is 61.4 Å². The van der Waals surface area contributed by atoms with Gasteiger partial charge in [0, 0.05) is 5.56 Å². The van der Waals surface area contributed by atoms with Crippen molar-refractivity contribution in [3.05, 3.63) is 96.7 Å². The molecule has 0 radical (unpaired) electrons. The largest absolute Gasteiger partial charge is 0.496 e. The Labute approximate surface area is 254 Å². The number of aromatic nitrogens is 1. The summed E-state index contributed by atoms with van der Waals surface area (Å²) in [5.41, 5.74) is -2.10. The highest BCUT2D eigenvalue weighted by molar-refractivity contribution is 7.07. The normalized spacial score (nSPS) is 15.2. The Morgan fingerprint density at radius 3 is 2.36 bits per heavy atom. The highest BCUT2D eigenvalue weighted by Gasteiger charge is 2.46. The zero-order valence-electron chi connectivity index (χ0n) is 24.4. The fraction of sp³-hybridized carbons (Fsp3) is 0.281. The van der Waals surface area contributed by atoms with Gasteiger partial charge in [0.15, 0.2) is 22.0 Å². The molecule has 0 amide bonds. The summed E-state index contributed by atoms with van der Waals surface area (Å²) < 4.78 is 67.2. The van der Waals surface area contributed by atoms with Crippen LogP contribution in [0, 0.1) is 0 Å². The number of esters is 1. The molecule has 2 heterocycles. The number of fused-ring (bicyclic) bond motifs is 2. The summed E-state index contributed by atoms with van der Waals surface area (Å²) in [6, 6.07) is 13.9. The second kappa shape index (κ2) is 12.6. The number of thiazole rings is 1. The summed E-state index contributed by atoms with van der Waals surface area (Å²) >= 11 is 0.784. The van der Waals surface area contributed by atoms with Crippen LogP contribution in [0.1, 0.15) is 37.9 Å². The van der Waals surface area contributed by atoms with Crippen LogP contribution < -0.4 is 29.1 Å². The lowest BCUT2D eigenvalue weighted by Crippen LogP contribution is -2.41. The van der Waals surface area contributed by atoms with E-state index >= 15 is 0 Å². The maximum atomic E-state index is 14.6. The number of carbonyl (C=O) groups excluding carboxylic acids is 1. The van der Waals surface area contributed by atoms with Crippen LogP contribution >= 0.6 is 11.3 Å². The van der Waals surface area contributed by atoms with Crippen LogP contribution in [-0.4, -0.2) is 43.6 Å². The van der Waals surface area contributed by atoms with Crippen LogP contribution in [0.3, 0.4) is 0 Å². The lowest BCUT2D eigenvalue weighted by Gasteiger charge is -2.28. The number of alkyl halides is 3. The third-order valence-electron chi connectivity index (χ3n) is 6.88. The highest BCUT2D eigenvalue weighted by atomic mass is 32.1. The number of methoxy groups -OCH3 is 1. The summed E-state index contributed by atoms with van der Waals surface area (Å²) in [6.07, 6.45) is -3.49. The molecule has 8 nitrogen and oxygen atoms in total. The third-order valence-corrected chi connectivity index (χ3v) is 7.87. The zero-order chi connectivity index (χ0) is 31.6. The topological polar surface area (TPSA) is 88.4 Å². The first-order valence-electron chi connectivity index (χ1n) is 13.9. The Morgan fingerprint density at radius 2 is 1.68 bits per heavy atom. The van der Waals surface area contributed by atoms with E-state index in [9.17, 15) is 22.8 Å². The van der Waals surface area contributed by atoms with Gasteiger partial charge in [-0.15, -0.1) is 0 Å². The van der Waals surface area contributed by atoms with Gasteiger partial charge in [-0.25, -0.2) is 9.79 Å². The van der Waals surface area contributed by atoms with Crippen LogP contribution in [0.5, 0.6) is 17.2 Å². The van der Waals surface area contributed by atoms with Gasteiger partial charge in [-0.3, -0.25) is 9.36 Å². The van der Waals surface area contributed by atoms with Crippen molar-refractivity contribution in [3.8, 4) is 17.2 Å². The molecule has 0 aliphatic carbocycles. The molecule has 230 valence electrons. The van der Waals surface area contributed by atoms with Gasteiger partial charge < -0.3 is 18.9 Å². The quantitative estimate of drug-likeness (QED) is 0.235. The summed E-state index contributed by atoms with van der Waals surface area (Å²) in [4.78, 5) is 31.1. The first kappa shape index (κ1) is 30.9. The maximum Gasteiger partial charge on any atom is 0.434 e. The fourth-order valence-corrected chi connectivity index (χ4v) is 6.16. The van der Waals surface area contributed by atoms with Crippen LogP contribution in [-0.2, 0) is 9.53 Å². The molecular formula is C32H29F3N2O6S. The Balaban J connectivity index is 1.85. The first-order chi connectivity index (χ1) is 21.1. The predicted octanol–water partition coefficient (Wildman–Crippen LogP) is 5.30. The molecule has 0 N–H and O–H groups in total. The molecule has 44 heavy (non-hydrogen) atoms. The van der Waals surface area contributed by atoms with Gasteiger partial charge in [0.2, 0.25) is 0 Å². The number of hydrogen-bond donors (Lipinski definition) is 0. The van der Waals surface area contributed by atoms with Gasteiger partial charge in [0.25, 0.3) is 5.56 Å². The summed E-state index contributed by atoms with van der Waals surface area (Å²) in [6.45, 7) is 5.75. The maximum absolute atomic E-state index is 14.6. The number of benzene rings is 3. The van der Waals surface area contributed by atoms with E-state index in [1.807, 2.05) is 13.8 Å². The number of allylic oxidation sites excluding steroid dienone is 1. The number of hydrogen-bond acceptors (Lipinski definition) is 8. The molecule has 0 saturated heterocycles. The van der Waals surface area contributed by atoms with Crippen LogP contribution in [0.25, 0.3) is 16.8 Å². The van der Waals surface area contributed by atoms with E-state index in [1.165, 1.54) is 14.0 Å². The minimum absolute atomic E-state index is 0.103. The number of ether oxygens (including phenoxy) is 4. The van der Waals surface area contributed by atoms with Gasteiger partial charge in [0.1, 0.15) is 11.8 Å². The van der Waals surface area contributed by atoms with Crippen LogP contribution in [0.15, 0.2) is 75.7 Å². The van der Waals surface area contributed by atoms with Crippen molar-refractivity contribution in [1.82, 2.24) is 4.57 Å². The van der Waals surface area contributed by atoms with Crippen LogP contribution in [0.4, 0.5) is 13.2 Å². The lowest BCUT2D eigenvalue weighted by atomic mass is 9.90. The van der Waals surface area contributed by atoms with Crippen molar-refractivity contribution in [3.63, 3.8) is 0 Å². The van der Waals surface area contributed by atoms with Gasteiger partial charge in [0.05, 0.1) is 37.0 Å². The second-order valence-corrected chi connectivity index (χ2v) is 10.5. The molecular weight excluding hydrogens is 597 g/mol. The molecule has 5 rings (SSSR count). The summed E-state index contributed by atoms with van der Waals surface area (Å²) in [5, 5.41) is 1.18. The molecule has 0 saturated carbocycles. The summed E-state index contributed by atoms with van der Waals surface area (Å²) in [7, 11) is 1.37. The van der Waals surface area contributed by atoms with E-state index in [0.717, 1.165) is 15.9 Å². The van der Waals surface area contributed by atoms with Crippen molar-refractivity contribution in [2.75, 3.05) is 26.9 Å². The lowest BCUT2D eigenvalue weighted by molar-refractivity contribution is -0.140. The average Bonchev–Trinajstić information content (AvgIpc) is 3.31. The third kappa shape index (κ3) is 5.69. The minimum atomic E-state index is -5.03. The molecule has 1 aromatic heterocycles. The van der Waals surface area contributed by atoms with Gasteiger partial charge >= 0.3 is 12.1 Å². The monoisotopic (exact) mass is 626 g/mol. The van der Waals surface area contributed by atoms with Crippen LogP contribution in [0.2, 0.25) is 0 Å². The van der Waals surface area contributed by atoms with Crippen molar-refractivity contribution >= 4 is 34.2 Å². The second-order valence-electron chi connectivity index (χ2n) is 9.54.